The van der Waals surface area contributed by atoms with E-state index in [0.717, 1.165) is 0 Å². The maximum atomic E-state index is 12.0. The molecule has 1 rings (SSSR count). The molecule has 0 bridgehead atoms. The quantitative estimate of drug-likeness (QED) is 0.632. The first-order valence-corrected chi connectivity index (χ1v) is 6.48. The minimum absolute atomic E-state index is 0.118. The standard InChI is InChI=1S/C14H20N2O4/c1-6-15-13(18)10(5)20-14(19)12-7(2)11(9(4)17)8(3)16-12/h10,16H,6H2,1-5H3,(H,15,18)/t10-/m0/s1. The lowest BCUT2D eigenvalue weighted by molar-refractivity contribution is -0.128. The number of nitrogens with one attached hydrogen (secondary N) is 2. The molecule has 1 aromatic heterocycles. The van der Waals surface area contributed by atoms with Crippen LogP contribution in [-0.4, -0.2) is 35.3 Å². The minimum atomic E-state index is -0.883. The summed E-state index contributed by atoms with van der Waals surface area (Å²) in [6.07, 6.45) is -0.883. The highest BCUT2D eigenvalue weighted by molar-refractivity contribution is 6.01. The highest BCUT2D eigenvalue weighted by atomic mass is 16.5. The van der Waals surface area contributed by atoms with Gasteiger partial charge in [0, 0.05) is 17.8 Å². The number of hydrogen-bond donors (Lipinski definition) is 2. The number of carbonyl (C=O) groups is 3. The van der Waals surface area contributed by atoms with Gasteiger partial charge in [-0.2, -0.15) is 0 Å². The molecule has 110 valence electrons. The summed E-state index contributed by atoms with van der Waals surface area (Å²) in [5.74, 6) is -1.11. The molecule has 0 radical (unpaired) electrons. The molecule has 0 aliphatic heterocycles. The van der Waals surface area contributed by atoms with E-state index >= 15 is 0 Å². The molecule has 0 unspecified atom stereocenters. The number of likely N-dealkylation sites (N-methyl/N-ethyl adjacent to an activating group) is 1. The Morgan fingerprint density at radius 1 is 1.30 bits per heavy atom. The van der Waals surface area contributed by atoms with Crippen molar-refractivity contribution >= 4 is 17.7 Å². The Balaban J connectivity index is 2.91. The molecule has 0 aliphatic rings. The Morgan fingerprint density at radius 2 is 1.90 bits per heavy atom. The molecule has 1 amide bonds. The maximum absolute atomic E-state index is 12.0. The van der Waals surface area contributed by atoms with Crippen LogP contribution in [0, 0.1) is 13.8 Å². The summed E-state index contributed by atoms with van der Waals surface area (Å²) in [5, 5.41) is 2.57. The molecule has 0 aliphatic carbocycles. The lowest BCUT2D eigenvalue weighted by atomic mass is 10.1. The van der Waals surface area contributed by atoms with Crippen LogP contribution >= 0.6 is 0 Å². The number of aromatic nitrogens is 1. The summed E-state index contributed by atoms with van der Waals surface area (Å²) in [6.45, 7) is 8.58. The molecule has 20 heavy (non-hydrogen) atoms. The molecule has 0 aromatic carbocycles. The zero-order valence-corrected chi connectivity index (χ0v) is 12.4. The van der Waals surface area contributed by atoms with Crippen LogP contribution in [0.2, 0.25) is 0 Å². The topological polar surface area (TPSA) is 88.3 Å². The molecule has 0 saturated carbocycles. The number of amides is 1. The van der Waals surface area contributed by atoms with Crippen LogP contribution < -0.4 is 5.32 Å². The SMILES string of the molecule is CCNC(=O)[C@H](C)OC(=O)c1[nH]c(C)c(C(C)=O)c1C. The van der Waals surface area contributed by atoms with Crippen molar-refractivity contribution in [3.05, 3.63) is 22.5 Å². The molecule has 2 N–H and O–H groups in total. The number of Topliss-reactive ketones (excluding diaryl/α,β-unsaturated/α-hetero) is 1. The Bertz CT molecular complexity index is 546. The second kappa shape index (κ2) is 6.36. The number of hydrogen-bond acceptors (Lipinski definition) is 4. The highest BCUT2D eigenvalue weighted by Gasteiger charge is 2.24. The van der Waals surface area contributed by atoms with E-state index in [0.29, 0.717) is 23.4 Å². The fourth-order valence-corrected chi connectivity index (χ4v) is 2.07. The van der Waals surface area contributed by atoms with Crippen molar-refractivity contribution in [3.8, 4) is 0 Å². The molecular weight excluding hydrogens is 260 g/mol. The first kappa shape index (κ1) is 15.9. The number of aryl methyl sites for hydroxylation is 1. The van der Waals surface area contributed by atoms with Crippen LogP contribution in [0.15, 0.2) is 0 Å². The third-order valence-corrected chi connectivity index (χ3v) is 3.00. The van der Waals surface area contributed by atoms with Crippen molar-refractivity contribution in [2.24, 2.45) is 0 Å². The van der Waals surface area contributed by atoms with E-state index in [1.165, 1.54) is 13.8 Å². The van der Waals surface area contributed by atoms with Crippen LogP contribution in [0.1, 0.15) is 52.9 Å². The summed E-state index contributed by atoms with van der Waals surface area (Å²) in [4.78, 5) is 37.9. The summed E-state index contributed by atoms with van der Waals surface area (Å²) in [5.41, 5.74) is 1.86. The third kappa shape index (κ3) is 3.26. The fourth-order valence-electron chi connectivity index (χ4n) is 2.07. The molecule has 1 heterocycles. The minimum Gasteiger partial charge on any atom is -0.448 e. The van der Waals surface area contributed by atoms with Gasteiger partial charge >= 0.3 is 5.97 Å². The Kier molecular flexibility index (Phi) is 5.07. The average molecular weight is 280 g/mol. The average Bonchev–Trinajstić information content (AvgIpc) is 2.64. The van der Waals surface area contributed by atoms with E-state index in [1.807, 2.05) is 0 Å². The molecule has 0 spiro atoms. The van der Waals surface area contributed by atoms with Crippen LogP contribution in [0.4, 0.5) is 0 Å². The maximum Gasteiger partial charge on any atom is 0.355 e. The van der Waals surface area contributed by atoms with Gasteiger partial charge in [-0.15, -0.1) is 0 Å². The lowest BCUT2D eigenvalue weighted by Gasteiger charge is -2.12. The van der Waals surface area contributed by atoms with Gasteiger partial charge < -0.3 is 15.0 Å². The first-order valence-electron chi connectivity index (χ1n) is 6.48. The lowest BCUT2D eigenvalue weighted by Crippen LogP contribution is -2.35. The van der Waals surface area contributed by atoms with E-state index in [-0.39, 0.29) is 17.4 Å². The fraction of sp³-hybridized carbons (Fsp3) is 0.500. The predicted molar refractivity (Wildman–Crippen MR) is 73.8 cm³/mol. The summed E-state index contributed by atoms with van der Waals surface area (Å²) < 4.78 is 5.09. The normalized spacial score (nSPS) is 11.8. The number of rotatable bonds is 5. The van der Waals surface area contributed by atoms with Gasteiger partial charge in [0.2, 0.25) is 0 Å². The van der Waals surface area contributed by atoms with E-state index in [2.05, 4.69) is 10.3 Å². The molecule has 6 heteroatoms. The molecule has 0 fully saturated rings. The van der Waals surface area contributed by atoms with Crippen LogP contribution in [0.3, 0.4) is 0 Å². The number of ketones is 1. The van der Waals surface area contributed by atoms with Crippen molar-refractivity contribution < 1.29 is 19.1 Å². The van der Waals surface area contributed by atoms with E-state index in [4.69, 9.17) is 4.74 Å². The van der Waals surface area contributed by atoms with E-state index < -0.39 is 12.1 Å². The zero-order chi connectivity index (χ0) is 15.4. The van der Waals surface area contributed by atoms with Crippen molar-refractivity contribution in [2.75, 3.05) is 6.54 Å². The Labute approximate surface area is 117 Å². The Morgan fingerprint density at radius 3 is 2.35 bits per heavy atom. The van der Waals surface area contributed by atoms with Crippen molar-refractivity contribution in [2.45, 2.75) is 40.7 Å². The van der Waals surface area contributed by atoms with Gasteiger partial charge in [0.25, 0.3) is 5.91 Å². The zero-order valence-electron chi connectivity index (χ0n) is 12.4. The molecule has 1 aromatic rings. The Hall–Kier alpha value is -2.11. The second-order valence-electron chi connectivity index (χ2n) is 4.62. The van der Waals surface area contributed by atoms with Crippen LogP contribution in [0.25, 0.3) is 0 Å². The number of esters is 1. The van der Waals surface area contributed by atoms with Gasteiger partial charge in [-0.1, -0.05) is 0 Å². The summed E-state index contributed by atoms with van der Waals surface area (Å²) >= 11 is 0. The van der Waals surface area contributed by atoms with Gasteiger partial charge in [-0.3, -0.25) is 9.59 Å². The summed E-state index contributed by atoms with van der Waals surface area (Å²) in [6, 6.07) is 0. The van der Waals surface area contributed by atoms with E-state index in [9.17, 15) is 14.4 Å². The van der Waals surface area contributed by atoms with Crippen LogP contribution in [-0.2, 0) is 9.53 Å². The first-order chi connectivity index (χ1) is 9.29. The van der Waals surface area contributed by atoms with Crippen molar-refractivity contribution in [3.63, 3.8) is 0 Å². The number of aromatic amines is 1. The smallest absolute Gasteiger partial charge is 0.355 e. The third-order valence-electron chi connectivity index (χ3n) is 3.00. The molecule has 6 nitrogen and oxygen atoms in total. The molecule has 0 saturated heterocycles. The number of ether oxygens (including phenoxy) is 1. The van der Waals surface area contributed by atoms with Crippen molar-refractivity contribution in [1.29, 1.82) is 0 Å². The summed E-state index contributed by atoms with van der Waals surface area (Å²) in [7, 11) is 0. The molecule has 1 atom stereocenters. The van der Waals surface area contributed by atoms with Crippen molar-refractivity contribution in [1.82, 2.24) is 10.3 Å². The predicted octanol–water partition coefficient (Wildman–Crippen LogP) is 1.52. The largest absolute Gasteiger partial charge is 0.448 e. The second-order valence-corrected chi connectivity index (χ2v) is 4.62. The highest BCUT2D eigenvalue weighted by Crippen LogP contribution is 2.19. The van der Waals surface area contributed by atoms with E-state index in [1.54, 1.807) is 20.8 Å². The van der Waals surface area contributed by atoms with Gasteiger partial charge in [0.15, 0.2) is 11.9 Å². The monoisotopic (exact) mass is 280 g/mol. The number of carbonyl (C=O) groups excluding carboxylic acids is 3. The van der Waals surface area contributed by atoms with Gasteiger partial charge in [0.05, 0.1) is 0 Å². The van der Waals surface area contributed by atoms with Gasteiger partial charge in [-0.05, 0) is 40.2 Å². The molecular formula is C14H20N2O4. The number of H-pyrrole nitrogens is 1. The van der Waals surface area contributed by atoms with Gasteiger partial charge in [-0.25, -0.2) is 4.79 Å². The van der Waals surface area contributed by atoms with Crippen LogP contribution in [0.5, 0.6) is 0 Å². The van der Waals surface area contributed by atoms with Gasteiger partial charge in [0.1, 0.15) is 5.69 Å².